The predicted molar refractivity (Wildman–Crippen MR) is 58.2 cm³/mol. The molecule has 1 aromatic rings. The van der Waals surface area contributed by atoms with Gasteiger partial charge in [-0.2, -0.15) is 0 Å². The van der Waals surface area contributed by atoms with Crippen LogP contribution in [0.25, 0.3) is 0 Å². The van der Waals surface area contributed by atoms with Crippen molar-refractivity contribution in [3.8, 4) is 0 Å². The normalized spacial score (nSPS) is 27.8. The topological polar surface area (TPSA) is 12.0 Å². The van der Waals surface area contributed by atoms with Gasteiger partial charge in [-0.1, -0.05) is 18.2 Å². The minimum Gasteiger partial charge on any atom is -0.313 e. The first kappa shape index (κ1) is 9.10. The Bertz CT molecular complexity index is 260. The molecule has 1 nitrogen and oxygen atoms in total. The summed E-state index contributed by atoms with van der Waals surface area (Å²) in [6.45, 7) is 3.41. The molecule has 70 valence electrons. The first-order valence-corrected chi connectivity index (χ1v) is 5.67. The summed E-state index contributed by atoms with van der Waals surface area (Å²) < 4.78 is 0. The van der Waals surface area contributed by atoms with Crippen LogP contribution < -0.4 is 5.32 Å². The summed E-state index contributed by atoms with van der Waals surface area (Å²) in [4.78, 5) is 1.39. The zero-order chi connectivity index (χ0) is 9.10. The second-order valence-corrected chi connectivity index (χ2v) is 4.97. The average molecular weight is 193 g/mol. The maximum atomic E-state index is 3.47. The quantitative estimate of drug-likeness (QED) is 0.774. The molecule has 0 aromatic heterocycles. The summed E-state index contributed by atoms with van der Waals surface area (Å²) in [6, 6.07) is 11.4. The highest BCUT2D eigenvalue weighted by Crippen LogP contribution is 2.28. The molecule has 1 N–H and O–H groups in total. The van der Waals surface area contributed by atoms with Crippen molar-refractivity contribution in [2.45, 2.75) is 29.5 Å². The van der Waals surface area contributed by atoms with Gasteiger partial charge in [0, 0.05) is 22.7 Å². The lowest BCUT2D eigenvalue weighted by molar-refractivity contribution is 0.665. The van der Waals surface area contributed by atoms with Crippen molar-refractivity contribution in [3.05, 3.63) is 30.3 Å². The third-order valence-corrected chi connectivity index (χ3v) is 3.59. The zero-order valence-corrected chi connectivity index (χ0v) is 8.68. The van der Waals surface area contributed by atoms with Crippen LogP contribution in [0.2, 0.25) is 0 Å². The first-order chi connectivity index (χ1) is 6.34. The lowest BCUT2D eigenvalue weighted by Gasteiger charge is -2.07. The number of thioether (sulfide) groups is 1. The van der Waals surface area contributed by atoms with Gasteiger partial charge >= 0.3 is 0 Å². The number of rotatable bonds is 2. The number of nitrogens with one attached hydrogen (secondary N) is 1. The van der Waals surface area contributed by atoms with E-state index in [-0.39, 0.29) is 0 Å². The Morgan fingerprint density at radius 3 is 2.69 bits per heavy atom. The van der Waals surface area contributed by atoms with Crippen molar-refractivity contribution < 1.29 is 0 Å². The van der Waals surface area contributed by atoms with Crippen LogP contribution in [0.4, 0.5) is 0 Å². The van der Waals surface area contributed by atoms with Crippen LogP contribution in [-0.2, 0) is 0 Å². The van der Waals surface area contributed by atoms with Gasteiger partial charge in [-0.05, 0) is 25.5 Å². The molecule has 1 heterocycles. The second kappa shape index (κ2) is 4.16. The fourth-order valence-electron chi connectivity index (χ4n) is 1.67. The van der Waals surface area contributed by atoms with Gasteiger partial charge in [-0.3, -0.25) is 0 Å². The summed E-state index contributed by atoms with van der Waals surface area (Å²) in [5.74, 6) is 0. The summed E-state index contributed by atoms with van der Waals surface area (Å²) in [6.07, 6.45) is 1.29. The predicted octanol–water partition coefficient (Wildman–Crippen LogP) is 2.53. The fourth-order valence-corrected chi connectivity index (χ4v) is 2.94. The molecule has 1 saturated heterocycles. The molecule has 0 radical (unpaired) electrons. The highest BCUT2D eigenvalue weighted by molar-refractivity contribution is 8.00. The minimum atomic E-state index is 0.696. The van der Waals surface area contributed by atoms with Crippen LogP contribution in [-0.4, -0.2) is 17.8 Å². The monoisotopic (exact) mass is 193 g/mol. The van der Waals surface area contributed by atoms with E-state index in [1.165, 1.54) is 11.3 Å². The summed E-state index contributed by atoms with van der Waals surface area (Å²) in [5.41, 5.74) is 0. The molecule has 13 heavy (non-hydrogen) atoms. The highest BCUT2D eigenvalue weighted by Gasteiger charge is 2.20. The van der Waals surface area contributed by atoms with Crippen molar-refractivity contribution in [1.29, 1.82) is 0 Å². The van der Waals surface area contributed by atoms with Crippen LogP contribution in [0.1, 0.15) is 13.3 Å². The Kier molecular flexibility index (Phi) is 2.91. The van der Waals surface area contributed by atoms with Crippen LogP contribution >= 0.6 is 11.8 Å². The SMILES string of the molecule is C[C@@H]1C[C@H](Sc2ccccc2)CN1. The van der Waals surface area contributed by atoms with Crippen molar-refractivity contribution in [2.75, 3.05) is 6.54 Å². The molecule has 0 unspecified atom stereocenters. The molecular weight excluding hydrogens is 178 g/mol. The Hall–Kier alpha value is -0.470. The molecule has 0 aliphatic carbocycles. The van der Waals surface area contributed by atoms with Crippen molar-refractivity contribution in [3.63, 3.8) is 0 Å². The van der Waals surface area contributed by atoms with Gasteiger partial charge < -0.3 is 5.32 Å². The van der Waals surface area contributed by atoms with Gasteiger partial charge in [0.25, 0.3) is 0 Å². The zero-order valence-electron chi connectivity index (χ0n) is 7.86. The van der Waals surface area contributed by atoms with E-state index in [0.717, 1.165) is 11.8 Å². The molecule has 0 bridgehead atoms. The average Bonchev–Trinajstić information content (AvgIpc) is 2.53. The second-order valence-electron chi connectivity index (χ2n) is 3.60. The smallest absolute Gasteiger partial charge is 0.0234 e. The maximum Gasteiger partial charge on any atom is 0.0234 e. The van der Waals surface area contributed by atoms with E-state index in [0.29, 0.717) is 6.04 Å². The van der Waals surface area contributed by atoms with Crippen molar-refractivity contribution >= 4 is 11.8 Å². The largest absolute Gasteiger partial charge is 0.313 e. The van der Waals surface area contributed by atoms with Gasteiger partial charge in [0.1, 0.15) is 0 Å². The molecule has 1 fully saturated rings. The molecule has 0 amide bonds. The number of benzene rings is 1. The Balaban J connectivity index is 1.92. The lowest BCUT2D eigenvalue weighted by Crippen LogP contribution is -2.16. The van der Waals surface area contributed by atoms with E-state index in [1.807, 2.05) is 11.8 Å². The van der Waals surface area contributed by atoms with E-state index in [9.17, 15) is 0 Å². The third kappa shape index (κ3) is 2.48. The molecule has 2 heteroatoms. The fraction of sp³-hybridized carbons (Fsp3) is 0.455. The number of hydrogen-bond acceptors (Lipinski definition) is 2. The summed E-state index contributed by atoms with van der Waals surface area (Å²) >= 11 is 1.99. The standard InChI is InChI=1S/C11H15NS/c1-9-7-11(8-12-9)13-10-5-3-2-4-6-10/h2-6,9,11-12H,7-8H2,1H3/t9-,11+/m1/s1. The van der Waals surface area contributed by atoms with Crippen LogP contribution in [0.5, 0.6) is 0 Å². The maximum absolute atomic E-state index is 3.47. The third-order valence-electron chi connectivity index (χ3n) is 2.36. The molecule has 1 aliphatic rings. The van der Waals surface area contributed by atoms with Gasteiger partial charge in [0.15, 0.2) is 0 Å². The van der Waals surface area contributed by atoms with Gasteiger partial charge in [0.2, 0.25) is 0 Å². The van der Waals surface area contributed by atoms with E-state index in [2.05, 4.69) is 42.6 Å². The first-order valence-electron chi connectivity index (χ1n) is 4.79. The van der Waals surface area contributed by atoms with E-state index < -0.39 is 0 Å². The summed E-state index contributed by atoms with van der Waals surface area (Å²) in [5, 5.41) is 4.23. The molecule has 1 aliphatic heterocycles. The van der Waals surface area contributed by atoms with E-state index in [1.54, 1.807) is 0 Å². The van der Waals surface area contributed by atoms with E-state index in [4.69, 9.17) is 0 Å². The summed E-state index contributed by atoms with van der Waals surface area (Å²) in [7, 11) is 0. The molecule has 0 spiro atoms. The van der Waals surface area contributed by atoms with Crippen molar-refractivity contribution in [1.82, 2.24) is 5.32 Å². The van der Waals surface area contributed by atoms with Crippen LogP contribution in [0.3, 0.4) is 0 Å². The van der Waals surface area contributed by atoms with Gasteiger partial charge in [-0.25, -0.2) is 0 Å². The number of hydrogen-bond donors (Lipinski definition) is 1. The van der Waals surface area contributed by atoms with Crippen molar-refractivity contribution in [2.24, 2.45) is 0 Å². The van der Waals surface area contributed by atoms with Gasteiger partial charge in [-0.15, -0.1) is 11.8 Å². The molecule has 2 atom stereocenters. The Labute approximate surface area is 83.9 Å². The molecule has 1 aromatic carbocycles. The Morgan fingerprint density at radius 2 is 2.08 bits per heavy atom. The van der Waals surface area contributed by atoms with E-state index >= 15 is 0 Å². The minimum absolute atomic E-state index is 0.696. The highest BCUT2D eigenvalue weighted by atomic mass is 32.2. The molecule has 2 rings (SSSR count). The van der Waals surface area contributed by atoms with Gasteiger partial charge in [0.05, 0.1) is 0 Å². The molecule has 0 saturated carbocycles. The Morgan fingerprint density at radius 1 is 1.31 bits per heavy atom. The van der Waals surface area contributed by atoms with Crippen LogP contribution in [0, 0.1) is 0 Å². The lowest BCUT2D eigenvalue weighted by atomic mass is 10.2. The van der Waals surface area contributed by atoms with Crippen LogP contribution in [0.15, 0.2) is 35.2 Å². The molecular formula is C11H15NS.